The highest BCUT2D eigenvalue weighted by Gasteiger charge is 2.23. The molecule has 0 aliphatic heterocycles. The molecule has 142 valence electrons. The van der Waals surface area contributed by atoms with Crippen LogP contribution < -0.4 is 0 Å². The molecule has 0 amide bonds. The standard InChI is InChI=1S/C20H32O5/c1-3-4-5-6-7-8-10-18(23)14-13-17(15-21)19(16(2)22)11-9-12-20(24)25/h7-8,13-15,17-19,23H,3-6,9-12H2,1-2H3,(H,24,25)/b8-7-,14-13+/t17-,18-,19+/m1/s1. The van der Waals surface area contributed by atoms with E-state index in [1.807, 2.05) is 12.2 Å². The maximum absolute atomic E-state index is 11.7. The fraction of sp³-hybridized carbons (Fsp3) is 0.650. The summed E-state index contributed by atoms with van der Waals surface area (Å²) in [5.41, 5.74) is 0. The van der Waals surface area contributed by atoms with Crippen molar-refractivity contribution in [3.05, 3.63) is 24.3 Å². The van der Waals surface area contributed by atoms with Crippen molar-refractivity contribution in [2.45, 2.75) is 71.3 Å². The van der Waals surface area contributed by atoms with Crippen LogP contribution in [0.5, 0.6) is 0 Å². The summed E-state index contributed by atoms with van der Waals surface area (Å²) in [6.07, 6.45) is 12.7. The van der Waals surface area contributed by atoms with Gasteiger partial charge in [0, 0.05) is 18.3 Å². The van der Waals surface area contributed by atoms with Gasteiger partial charge in [0.25, 0.3) is 0 Å². The molecule has 0 aromatic heterocycles. The van der Waals surface area contributed by atoms with Crippen LogP contribution in [-0.2, 0) is 14.4 Å². The number of aldehydes is 1. The number of rotatable bonds is 15. The van der Waals surface area contributed by atoms with Gasteiger partial charge in [0.1, 0.15) is 12.1 Å². The molecular weight excluding hydrogens is 320 g/mol. The lowest BCUT2D eigenvalue weighted by atomic mass is 9.85. The number of allylic oxidation sites excluding steroid dienone is 2. The number of carboxylic acids is 1. The minimum atomic E-state index is -0.915. The van der Waals surface area contributed by atoms with Crippen molar-refractivity contribution < 1.29 is 24.6 Å². The van der Waals surface area contributed by atoms with Crippen LogP contribution in [0, 0.1) is 11.8 Å². The number of carboxylic acid groups (broad SMARTS) is 1. The number of aliphatic carboxylic acids is 1. The number of ketones is 1. The van der Waals surface area contributed by atoms with Crippen LogP contribution >= 0.6 is 0 Å². The Morgan fingerprint density at radius 3 is 2.36 bits per heavy atom. The number of carbonyl (C=O) groups excluding carboxylic acids is 2. The Balaban J connectivity index is 4.48. The molecule has 5 nitrogen and oxygen atoms in total. The number of carbonyl (C=O) groups is 3. The van der Waals surface area contributed by atoms with Gasteiger partial charge in [-0.25, -0.2) is 0 Å². The van der Waals surface area contributed by atoms with Gasteiger partial charge in [-0.3, -0.25) is 9.59 Å². The molecule has 0 spiro atoms. The minimum Gasteiger partial charge on any atom is -0.481 e. The third-order valence-corrected chi connectivity index (χ3v) is 4.12. The van der Waals surface area contributed by atoms with Crippen molar-refractivity contribution in [3.63, 3.8) is 0 Å². The number of unbranched alkanes of at least 4 members (excludes halogenated alkanes) is 3. The Kier molecular flexibility index (Phi) is 13.6. The van der Waals surface area contributed by atoms with E-state index in [0.717, 1.165) is 12.8 Å². The van der Waals surface area contributed by atoms with Crippen LogP contribution in [0.15, 0.2) is 24.3 Å². The largest absolute Gasteiger partial charge is 0.481 e. The molecular formula is C20H32O5. The van der Waals surface area contributed by atoms with E-state index >= 15 is 0 Å². The minimum absolute atomic E-state index is 0.0233. The number of hydrogen-bond acceptors (Lipinski definition) is 4. The lowest BCUT2D eigenvalue weighted by Gasteiger charge is -2.17. The summed E-state index contributed by atoms with van der Waals surface area (Å²) >= 11 is 0. The van der Waals surface area contributed by atoms with Crippen molar-refractivity contribution in [2.24, 2.45) is 11.8 Å². The first-order chi connectivity index (χ1) is 11.9. The molecule has 0 rings (SSSR count). The lowest BCUT2D eigenvalue weighted by molar-refractivity contribution is -0.137. The Morgan fingerprint density at radius 2 is 1.80 bits per heavy atom. The fourth-order valence-electron chi connectivity index (χ4n) is 2.62. The first-order valence-corrected chi connectivity index (χ1v) is 9.11. The first-order valence-electron chi connectivity index (χ1n) is 9.11. The van der Waals surface area contributed by atoms with E-state index in [1.165, 1.54) is 19.8 Å². The Labute approximate surface area is 150 Å². The zero-order valence-electron chi connectivity index (χ0n) is 15.4. The van der Waals surface area contributed by atoms with Crippen molar-refractivity contribution >= 4 is 18.0 Å². The molecule has 0 bridgehead atoms. The molecule has 5 heteroatoms. The van der Waals surface area contributed by atoms with Gasteiger partial charge in [-0.15, -0.1) is 0 Å². The second-order valence-corrected chi connectivity index (χ2v) is 6.37. The summed E-state index contributed by atoms with van der Waals surface area (Å²) in [5, 5.41) is 18.6. The summed E-state index contributed by atoms with van der Waals surface area (Å²) in [4.78, 5) is 33.6. The van der Waals surface area contributed by atoms with Crippen molar-refractivity contribution in [3.8, 4) is 0 Å². The predicted octanol–water partition coefficient (Wildman–Crippen LogP) is 3.71. The molecule has 0 saturated heterocycles. The van der Waals surface area contributed by atoms with Crippen molar-refractivity contribution in [1.29, 1.82) is 0 Å². The van der Waals surface area contributed by atoms with Crippen LogP contribution in [0.3, 0.4) is 0 Å². The average molecular weight is 352 g/mol. The van der Waals surface area contributed by atoms with Crippen LogP contribution in [0.25, 0.3) is 0 Å². The Hall–Kier alpha value is -1.75. The molecule has 25 heavy (non-hydrogen) atoms. The van der Waals surface area contributed by atoms with Gasteiger partial charge >= 0.3 is 5.97 Å². The highest BCUT2D eigenvalue weighted by Crippen LogP contribution is 2.20. The molecule has 0 saturated carbocycles. The quantitative estimate of drug-likeness (QED) is 0.266. The van der Waals surface area contributed by atoms with Gasteiger partial charge in [0.15, 0.2) is 0 Å². The monoisotopic (exact) mass is 352 g/mol. The number of aliphatic hydroxyl groups is 1. The second kappa shape index (κ2) is 14.6. The fourth-order valence-corrected chi connectivity index (χ4v) is 2.62. The maximum atomic E-state index is 11.7. The Morgan fingerprint density at radius 1 is 1.08 bits per heavy atom. The Bertz CT molecular complexity index is 453. The number of hydrogen-bond donors (Lipinski definition) is 2. The molecule has 0 heterocycles. The van der Waals surface area contributed by atoms with E-state index in [-0.39, 0.29) is 12.2 Å². The molecule has 3 atom stereocenters. The number of aliphatic hydroxyl groups excluding tert-OH is 1. The van der Waals surface area contributed by atoms with Crippen molar-refractivity contribution in [1.82, 2.24) is 0 Å². The van der Waals surface area contributed by atoms with Crippen LogP contribution in [0.4, 0.5) is 0 Å². The smallest absolute Gasteiger partial charge is 0.303 e. The lowest BCUT2D eigenvalue weighted by Crippen LogP contribution is -2.22. The molecule has 0 aromatic rings. The maximum Gasteiger partial charge on any atom is 0.303 e. The third kappa shape index (κ3) is 12.3. The highest BCUT2D eigenvalue weighted by atomic mass is 16.4. The zero-order chi connectivity index (χ0) is 19.1. The van der Waals surface area contributed by atoms with Gasteiger partial charge in [0.05, 0.1) is 6.10 Å². The average Bonchev–Trinajstić information content (AvgIpc) is 2.56. The van der Waals surface area contributed by atoms with E-state index in [9.17, 15) is 19.5 Å². The molecule has 0 aromatic carbocycles. The molecule has 0 aliphatic carbocycles. The molecule has 0 unspecified atom stereocenters. The molecule has 0 radical (unpaired) electrons. The molecule has 0 fully saturated rings. The van der Waals surface area contributed by atoms with Gasteiger partial charge < -0.3 is 15.0 Å². The zero-order valence-corrected chi connectivity index (χ0v) is 15.4. The SMILES string of the molecule is CCCCC/C=C\C[C@@H](O)/C=C/[C@H](C=O)[C@@H](CCCC(=O)O)C(C)=O. The van der Waals surface area contributed by atoms with E-state index in [1.54, 1.807) is 12.2 Å². The molecule has 2 N–H and O–H groups in total. The summed E-state index contributed by atoms with van der Waals surface area (Å²) in [7, 11) is 0. The van der Waals surface area contributed by atoms with E-state index in [4.69, 9.17) is 5.11 Å². The third-order valence-electron chi connectivity index (χ3n) is 4.12. The first kappa shape index (κ1) is 23.2. The van der Waals surface area contributed by atoms with Gasteiger partial charge in [0.2, 0.25) is 0 Å². The summed E-state index contributed by atoms with van der Waals surface area (Å²) < 4.78 is 0. The topological polar surface area (TPSA) is 91.7 Å². The summed E-state index contributed by atoms with van der Waals surface area (Å²) in [6, 6.07) is 0. The van der Waals surface area contributed by atoms with Gasteiger partial charge in [-0.05, 0) is 39.0 Å². The molecule has 0 aliphatic rings. The van der Waals surface area contributed by atoms with Crippen molar-refractivity contribution in [2.75, 3.05) is 0 Å². The van der Waals surface area contributed by atoms with Crippen LogP contribution in [0.1, 0.15) is 65.2 Å². The van der Waals surface area contributed by atoms with Crippen LogP contribution in [-0.4, -0.2) is 34.4 Å². The normalized spacial score (nSPS) is 15.3. The number of Topliss-reactive ketones (excluding diaryl/α,β-unsaturated/α-hetero) is 1. The highest BCUT2D eigenvalue weighted by molar-refractivity contribution is 5.82. The van der Waals surface area contributed by atoms with Crippen LogP contribution in [0.2, 0.25) is 0 Å². The van der Waals surface area contributed by atoms with Gasteiger partial charge in [-0.1, -0.05) is 44.1 Å². The van der Waals surface area contributed by atoms with Gasteiger partial charge in [-0.2, -0.15) is 0 Å². The van der Waals surface area contributed by atoms with E-state index in [2.05, 4.69) is 6.92 Å². The second-order valence-electron chi connectivity index (χ2n) is 6.37. The summed E-state index contributed by atoms with van der Waals surface area (Å²) in [6.45, 7) is 3.56. The summed E-state index contributed by atoms with van der Waals surface area (Å²) in [5.74, 6) is -2.22. The predicted molar refractivity (Wildman–Crippen MR) is 98.3 cm³/mol. The van der Waals surface area contributed by atoms with E-state index in [0.29, 0.717) is 25.5 Å². The van der Waals surface area contributed by atoms with E-state index < -0.39 is 23.9 Å².